The topological polar surface area (TPSA) is 59.1 Å². The van der Waals surface area contributed by atoms with Crippen LogP contribution in [0, 0.1) is 5.41 Å². The van der Waals surface area contributed by atoms with Crippen LogP contribution in [0.15, 0.2) is 18.2 Å². The third kappa shape index (κ3) is 3.45. The molecule has 0 aliphatic carbocycles. The van der Waals surface area contributed by atoms with E-state index in [4.69, 9.17) is 15.9 Å². The second-order valence-corrected chi connectivity index (χ2v) is 4.60. The maximum atomic E-state index is 7.40. The predicted octanol–water partition coefficient (Wildman–Crippen LogP) is 2.62. The zero-order valence-corrected chi connectivity index (χ0v) is 10.6. The van der Waals surface area contributed by atoms with E-state index in [9.17, 15) is 0 Å². The smallest absolute Gasteiger partial charge is 0.122 e. The molecule has 0 bridgehead atoms. The minimum atomic E-state index is 0.101. The Balaban J connectivity index is 2.84. The van der Waals surface area contributed by atoms with Crippen LogP contribution in [0.3, 0.4) is 0 Å². The number of amidine groups is 1. The van der Waals surface area contributed by atoms with Crippen molar-refractivity contribution >= 4 is 17.6 Å². The minimum Gasteiger partial charge on any atom is -0.496 e. The van der Waals surface area contributed by atoms with Gasteiger partial charge < -0.3 is 10.5 Å². The highest BCUT2D eigenvalue weighted by atomic mass is 32.2. The number of benzene rings is 1. The normalized spacial score (nSPS) is 10.1. The average Bonchev–Trinajstić information content (AvgIpc) is 2.29. The fourth-order valence-corrected chi connectivity index (χ4v) is 2.26. The van der Waals surface area contributed by atoms with Crippen LogP contribution in [0.1, 0.15) is 24.5 Å². The number of rotatable bonds is 6. The van der Waals surface area contributed by atoms with Crippen molar-refractivity contribution in [3.8, 4) is 5.75 Å². The van der Waals surface area contributed by atoms with Crippen molar-refractivity contribution in [2.24, 2.45) is 5.73 Å². The lowest BCUT2D eigenvalue weighted by molar-refractivity contribution is 0.411. The number of hydrogen-bond acceptors (Lipinski definition) is 3. The van der Waals surface area contributed by atoms with Crippen LogP contribution in [0.4, 0.5) is 0 Å². The standard InChI is InChI=1S/C12H18N2OS/c1-3-6-16-8-10-7-9(12(13)14)4-5-11(10)15-2/h4-5,7H,3,6,8H2,1-2H3,(H3,13,14). The molecule has 0 saturated heterocycles. The second kappa shape index (κ2) is 6.43. The molecule has 3 N–H and O–H groups in total. The number of nitrogens with one attached hydrogen (secondary N) is 1. The molecule has 0 aliphatic rings. The zero-order chi connectivity index (χ0) is 12.0. The van der Waals surface area contributed by atoms with Crippen molar-refractivity contribution in [1.29, 1.82) is 5.41 Å². The lowest BCUT2D eigenvalue weighted by Crippen LogP contribution is -2.11. The molecule has 0 radical (unpaired) electrons. The van der Waals surface area contributed by atoms with Gasteiger partial charge in [-0.15, -0.1) is 0 Å². The van der Waals surface area contributed by atoms with E-state index in [1.54, 1.807) is 7.11 Å². The molecule has 0 saturated carbocycles. The monoisotopic (exact) mass is 238 g/mol. The summed E-state index contributed by atoms with van der Waals surface area (Å²) < 4.78 is 5.29. The molecule has 0 amide bonds. The Labute approximate surface area is 101 Å². The first-order chi connectivity index (χ1) is 7.69. The Morgan fingerprint density at radius 1 is 1.50 bits per heavy atom. The van der Waals surface area contributed by atoms with E-state index in [1.807, 2.05) is 30.0 Å². The summed E-state index contributed by atoms with van der Waals surface area (Å²) in [6, 6.07) is 5.62. The Kier molecular flexibility index (Phi) is 5.19. The van der Waals surface area contributed by atoms with Crippen molar-refractivity contribution in [2.75, 3.05) is 12.9 Å². The number of nitrogens with two attached hydrogens (primary N) is 1. The summed E-state index contributed by atoms with van der Waals surface area (Å²) in [4.78, 5) is 0. The van der Waals surface area contributed by atoms with Crippen LogP contribution in [-0.2, 0) is 5.75 Å². The van der Waals surface area contributed by atoms with E-state index in [2.05, 4.69) is 6.92 Å². The Bertz CT molecular complexity index is 366. The summed E-state index contributed by atoms with van der Waals surface area (Å²) >= 11 is 1.86. The largest absolute Gasteiger partial charge is 0.496 e. The molecule has 0 spiro atoms. The molecule has 4 heteroatoms. The summed E-state index contributed by atoms with van der Waals surface area (Å²) in [5.74, 6) is 3.00. The van der Waals surface area contributed by atoms with E-state index in [1.165, 1.54) is 6.42 Å². The SMILES string of the molecule is CCCSCc1cc(C(=N)N)ccc1OC. The van der Waals surface area contributed by atoms with Crippen LogP contribution in [-0.4, -0.2) is 18.7 Å². The molecule has 0 heterocycles. The van der Waals surface area contributed by atoms with E-state index in [-0.39, 0.29) is 5.84 Å². The molecule has 16 heavy (non-hydrogen) atoms. The predicted molar refractivity (Wildman–Crippen MR) is 70.5 cm³/mol. The van der Waals surface area contributed by atoms with Gasteiger partial charge in [-0.2, -0.15) is 11.8 Å². The molecule has 0 atom stereocenters. The van der Waals surface area contributed by atoms with E-state index in [0.29, 0.717) is 0 Å². The lowest BCUT2D eigenvalue weighted by Gasteiger charge is -2.09. The van der Waals surface area contributed by atoms with Crippen LogP contribution >= 0.6 is 11.8 Å². The quantitative estimate of drug-likeness (QED) is 0.455. The molecule has 0 aromatic heterocycles. The van der Waals surface area contributed by atoms with Crippen molar-refractivity contribution in [3.05, 3.63) is 29.3 Å². The highest BCUT2D eigenvalue weighted by Crippen LogP contribution is 2.24. The Morgan fingerprint density at radius 2 is 2.25 bits per heavy atom. The van der Waals surface area contributed by atoms with E-state index in [0.717, 1.165) is 28.4 Å². The molecule has 1 aromatic rings. The number of thioether (sulfide) groups is 1. The Morgan fingerprint density at radius 3 is 2.81 bits per heavy atom. The molecule has 1 rings (SSSR count). The van der Waals surface area contributed by atoms with Gasteiger partial charge in [-0.3, -0.25) is 5.41 Å². The van der Waals surface area contributed by atoms with Crippen molar-refractivity contribution in [2.45, 2.75) is 19.1 Å². The van der Waals surface area contributed by atoms with Crippen LogP contribution < -0.4 is 10.5 Å². The number of methoxy groups -OCH3 is 1. The molecule has 0 unspecified atom stereocenters. The van der Waals surface area contributed by atoms with Gasteiger partial charge in [0.2, 0.25) is 0 Å². The first kappa shape index (κ1) is 12.9. The molecule has 88 valence electrons. The van der Waals surface area contributed by atoms with Crippen LogP contribution in [0.2, 0.25) is 0 Å². The Hall–Kier alpha value is -1.16. The minimum absolute atomic E-state index is 0.101. The molecule has 3 nitrogen and oxygen atoms in total. The van der Waals surface area contributed by atoms with Gasteiger partial charge in [-0.1, -0.05) is 6.92 Å². The molecule has 0 fully saturated rings. The van der Waals surface area contributed by atoms with Crippen LogP contribution in [0.5, 0.6) is 5.75 Å². The third-order valence-corrected chi connectivity index (χ3v) is 3.41. The highest BCUT2D eigenvalue weighted by Gasteiger charge is 2.05. The first-order valence-electron chi connectivity index (χ1n) is 5.28. The fourth-order valence-electron chi connectivity index (χ4n) is 1.39. The van der Waals surface area contributed by atoms with Crippen LogP contribution in [0.25, 0.3) is 0 Å². The van der Waals surface area contributed by atoms with E-state index >= 15 is 0 Å². The van der Waals surface area contributed by atoms with Gasteiger partial charge in [-0.05, 0) is 30.4 Å². The van der Waals surface area contributed by atoms with Crippen molar-refractivity contribution in [1.82, 2.24) is 0 Å². The first-order valence-corrected chi connectivity index (χ1v) is 6.43. The van der Waals surface area contributed by atoms with Gasteiger partial charge in [0.15, 0.2) is 0 Å². The maximum absolute atomic E-state index is 7.40. The van der Waals surface area contributed by atoms with Crippen molar-refractivity contribution < 1.29 is 4.74 Å². The van der Waals surface area contributed by atoms with Gasteiger partial charge in [0.05, 0.1) is 7.11 Å². The molecular formula is C12H18N2OS. The fraction of sp³-hybridized carbons (Fsp3) is 0.417. The summed E-state index contributed by atoms with van der Waals surface area (Å²) in [6.07, 6.45) is 1.17. The molecule has 0 aliphatic heterocycles. The number of ether oxygens (including phenoxy) is 1. The van der Waals surface area contributed by atoms with Gasteiger partial charge in [0.1, 0.15) is 11.6 Å². The van der Waals surface area contributed by atoms with Crippen molar-refractivity contribution in [3.63, 3.8) is 0 Å². The summed E-state index contributed by atoms with van der Waals surface area (Å²) in [5, 5.41) is 7.40. The lowest BCUT2D eigenvalue weighted by atomic mass is 10.1. The van der Waals surface area contributed by atoms with Gasteiger partial charge >= 0.3 is 0 Å². The van der Waals surface area contributed by atoms with E-state index < -0.39 is 0 Å². The number of nitrogen functional groups attached to an aromatic ring is 1. The summed E-state index contributed by atoms with van der Waals surface area (Å²) in [5.41, 5.74) is 7.33. The highest BCUT2D eigenvalue weighted by molar-refractivity contribution is 7.98. The van der Waals surface area contributed by atoms with Gasteiger partial charge in [-0.25, -0.2) is 0 Å². The zero-order valence-electron chi connectivity index (χ0n) is 9.75. The summed E-state index contributed by atoms with van der Waals surface area (Å²) in [6.45, 7) is 2.16. The molecular weight excluding hydrogens is 220 g/mol. The second-order valence-electron chi connectivity index (χ2n) is 3.49. The molecule has 1 aromatic carbocycles. The number of hydrogen-bond donors (Lipinski definition) is 2. The van der Waals surface area contributed by atoms with Gasteiger partial charge in [0.25, 0.3) is 0 Å². The third-order valence-electron chi connectivity index (χ3n) is 2.20. The van der Waals surface area contributed by atoms with Gasteiger partial charge in [0, 0.05) is 16.9 Å². The maximum Gasteiger partial charge on any atom is 0.122 e. The average molecular weight is 238 g/mol. The summed E-state index contributed by atoms with van der Waals surface area (Å²) in [7, 11) is 1.66.